The molecule has 1 N–H and O–H groups in total. The number of rotatable bonds is 4. The van der Waals surface area contributed by atoms with Crippen molar-refractivity contribution in [2.24, 2.45) is 15.1 Å². The van der Waals surface area contributed by atoms with Crippen LogP contribution in [0.15, 0.2) is 27.2 Å². The van der Waals surface area contributed by atoms with Crippen molar-refractivity contribution in [1.82, 2.24) is 0 Å². The van der Waals surface area contributed by atoms with Crippen LogP contribution in [-0.2, 0) is 12.8 Å². The van der Waals surface area contributed by atoms with E-state index in [0.717, 1.165) is 35.5 Å². The molecule has 1 aliphatic heterocycles. The molecule has 0 unspecified atom stereocenters. The molecule has 0 radical (unpaired) electrons. The summed E-state index contributed by atoms with van der Waals surface area (Å²) in [5.41, 5.74) is 12.5. The Kier molecular flexibility index (Phi) is 4.15. The van der Waals surface area contributed by atoms with E-state index < -0.39 is 0 Å². The Hall–Kier alpha value is -2.33. The molecule has 98 valence electrons. The molecule has 1 aromatic carbocycles. The van der Waals surface area contributed by atoms with Gasteiger partial charge in [-0.25, -0.2) is 4.99 Å². The highest BCUT2D eigenvalue weighted by Crippen LogP contribution is 2.29. The van der Waals surface area contributed by atoms with Crippen molar-refractivity contribution in [1.29, 1.82) is 0 Å². The first-order valence-electron chi connectivity index (χ1n) is 6.31. The molecule has 0 amide bonds. The number of amidine groups is 1. The van der Waals surface area contributed by atoms with E-state index in [-0.39, 0.29) is 0 Å². The Bertz CT molecular complexity index is 556. The molecule has 1 heterocycles. The molecule has 0 spiro atoms. The van der Waals surface area contributed by atoms with E-state index in [2.05, 4.69) is 39.2 Å². The Morgan fingerprint density at radius 3 is 2.47 bits per heavy atom. The number of nitrogens with one attached hydrogen (secondary N) is 1. The lowest BCUT2D eigenvalue weighted by Crippen LogP contribution is -2.15. The zero-order valence-electron chi connectivity index (χ0n) is 11.1. The first kappa shape index (κ1) is 13.1. The largest absolute Gasteiger partial charge is 0.342 e. The molecular weight excluding hydrogens is 240 g/mol. The quantitative estimate of drug-likeness (QED) is 0.498. The number of aliphatic imine (C=N–C) groups is 2. The number of benzene rings is 1. The molecule has 1 aliphatic rings. The van der Waals surface area contributed by atoms with E-state index in [1.54, 1.807) is 6.34 Å². The fourth-order valence-electron chi connectivity index (χ4n) is 2.07. The van der Waals surface area contributed by atoms with Crippen molar-refractivity contribution in [3.63, 3.8) is 0 Å². The monoisotopic (exact) mass is 256 g/mol. The molecule has 2 rings (SSSR count). The van der Waals surface area contributed by atoms with Crippen LogP contribution in [0.3, 0.4) is 0 Å². The number of hydrogen-bond donors (Lipinski definition) is 1. The molecule has 0 fully saturated rings. The molecule has 6 heteroatoms. The number of hydrogen-bond acceptors (Lipinski definition) is 4. The topological polar surface area (TPSA) is 85.5 Å². The summed E-state index contributed by atoms with van der Waals surface area (Å²) in [6.45, 7) is 4.74. The van der Waals surface area contributed by atoms with Gasteiger partial charge in [0.25, 0.3) is 0 Å². The second-order valence-electron chi connectivity index (χ2n) is 4.19. The molecular formula is C13H16N6. The van der Waals surface area contributed by atoms with Crippen molar-refractivity contribution < 1.29 is 0 Å². The molecule has 6 nitrogen and oxygen atoms in total. The summed E-state index contributed by atoms with van der Waals surface area (Å²) in [6, 6.07) is 3.83. The minimum absolute atomic E-state index is 0.588. The molecule has 0 saturated carbocycles. The standard InChI is InChI=1S/C13H16N6/c1-3-9-5-11(18-19-14)6-10(4-2)13(9)17-12-7-15-8-16-12/h5-6,8H,3-4,7H2,1-2H3,(H,15,16,17). The van der Waals surface area contributed by atoms with Gasteiger partial charge >= 0.3 is 0 Å². The van der Waals surface area contributed by atoms with Crippen LogP contribution in [0.2, 0.25) is 0 Å². The van der Waals surface area contributed by atoms with E-state index in [1.807, 2.05) is 12.1 Å². The summed E-state index contributed by atoms with van der Waals surface area (Å²) in [4.78, 5) is 11.1. The van der Waals surface area contributed by atoms with Gasteiger partial charge in [-0.05, 0) is 41.6 Å². The third kappa shape index (κ3) is 2.92. The second-order valence-corrected chi connectivity index (χ2v) is 4.19. The molecule has 0 aromatic heterocycles. The average molecular weight is 256 g/mol. The second kappa shape index (κ2) is 6.02. The normalized spacial score (nSPS) is 13.1. The van der Waals surface area contributed by atoms with Gasteiger partial charge < -0.3 is 5.32 Å². The Balaban J connectivity index is 2.41. The smallest absolute Gasteiger partial charge is 0.130 e. The van der Waals surface area contributed by atoms with Gasteiger partial charge in [0.1, 0.15) is 12.2 Å². The van der Waals surface area contributed by atoms with Crippen LogP contribution in [-0.4, -0.2) is 18.7 Å². The minimum atomic E-state index is 0.588. The Labute approximate surface area is 111 Å². The number of azide groups is 1. The predicted molar refractivity (Wildman–Crippen MR) is 78.4 cm³/mol. The van der Waals surface area contributed by atoms with Gasteiger partial charge in [-0.3, -0.25) is 4.99 Å². The first-order valence-corrected chi connectivity index (χ1v) is 6.31. The summed E-state index contributed by atoms with van der Waals surface area (Å²) in [5.74, 6) is 0.848. The van der Waals surface area contributed by atoms with Gasteiger partial charge in [0.15, 0.2) is 0 Å². The maximum Gasteiger partial charge on any atom is 0.130 e. The molecule has 0 saturated heterocycles. The molecule has 0 bridgehead atoms. The van der Waals surface area contributed by atoms with Crippen LogP contribution in [0, 0.1) is 0 Å². The van der Waals surface area contributed by atoms with E-state index >= 15 is 0 Å². The van der Waals surface area contributed by atoms with Gasteiger partial charge in [-0.2, -0.15) is 0 Å². The minimum Gasteiger partial charge on any atom is -0.342 e. The molecule has 0 atom stereocenters. The average Bonchev–Trinajstić information content (AvgIpc) is 2.93. The van der Waals surface area contributed by atoms with Gasteiger partial charge in [0.2, 0.25) is 0 Å². The van der Waals surface area contributed by atoms with Crippen LogP contribution >= 0.6 is 0 Å². The molecule has 1 aromatic rings. The van der Waals surface area contributed by atoms with Crippen LogP contribution in [0.1, 0.15) is 25.0 Å². The Morgan fingerprint density at radius 1 is 1.32 bits per heavy atom. The van der Waals surface area contributed by atoms with E-state index in [0.29, 0.717) is 12.2 Å². The summed E-state index contributed by atoms with van der Waals surface area (Å²) in [5, 5.41) is 7.03. The van der Waals surface area contributed by atoms with Crippen LogP contribution in [0.5, 0.6) is 0 Å². The summed E-state index contributed by atoms with van der Waals surface area (Å²) in [7, 11) is 0. The van der Waals surface area contributed by atoms with Crippen LogP contribution in [0.25, 0.3) is 10.4 Å². The summed E-state index contributed by atoms with van der Waals surface area (Å²) < 4.78 is 0. The molecule has 0 aliphatic carbocycles. The van der Waals surface area contributed by atoms with Crippen molar-refractivity contribution in [2.75, 3.05) is 11.9 Å². The van der Waals surface area contributed by atoms with Crippen molar-refractivity contribution >= 4 is 23.5 Å². The van der Waals surface area contributed by atoms with E-state index in [4.69, 9.17) is 5.53 Å². The maximum absolute atomic E-state index is 8.55. The fraction of sp³-hybridized carbons (Fsp3) is 0.385. The number of nitrogens with zero attached hydrogens (tertiary/aromatic N) is 5. The number of aryl methyl sites for hydroxylation is 2. The van der Waals surface area contributed by atoms with Crippen LogP contribution in [0.4, 0.5) is 11.4 Å². The van der Waals surface area contributed by atoms with E-state index in [1.165, 1.54) is 0 Å². The van der Waals surface area contributed by atoms with Gasteiger partial charge in [0.05, 0.1) is 6.54 Å². The lowest BCUT2D eigenvalue weighted by molar-refractivity contribution is 1.09. The lowest BCUT2D eigenvalue weighted by Gasteiger charge is -2.16. The highest BCUT2D eigenvalue weighted by Gasteiger charge is 2.11. The lowest BCUT2D eigenvalue weighted by atomic mass is 10.0. The van der Waals surface area contributed by atoms with Gasteiger partial charge in [-0.1, -0.05) is 19.0 Å². The van der Waals surface area contributed by atoms with Crippen molar-refractivity contribution in [3.05, 3.63) is 33.7 Å². The third-order valence-corrected chi connectivity index (χ3v) is 3.01. The fourth-order valence-corrected chi connectivity index (χ4v) is 2.07. The Morgan fingerprint density at radius 2 is 2.00 bits per heavy atom. The highest BCUT2D eigenvalue weighted by molar-refractivity contribution is 6.04. The third-order valence-electron chi connectivity index (χ3n) is 3.01. The maximum atomic E-state index is 8.55. The highest BCUT2D eigenvalue weighted by atomic mass is 15.1. The van der Waals surface area contributed by atoms with Crippen molar-refractivity contribution in [2.45, 2.75) is 26.7 Å². The van der Waals surface area contributed by atoms with Crippen LogP contribution < -0.4 is 5.32 Å². The predicted octanol–water partition coefficient (Wildman–Crippen LogP) is 3.61. The number of anilines is 1. The first-order chi connectivity index (χ1) is 9.28. The SMILES string of the molecule is CCc1cc(N=[N+]=[N-])cc(CC)c1NC1=NC=NC1. The van der Waals surface area contributed by atoms with Gasteiger partial charge in [0, 0.05) is 16.3 Å². The van der Waals surface area contributed by atoms with E-state index in [9.17, 15) is 0 Å². The zero-order valence-corrected chi connectivity index (χ0v) is 11.1. The molecule has 19 heavy (non-hydrogen) atoms. The summed E-state index contributed by atoms with van der Waals surface area (Å²) >= 11 is 0. The summed E-state index contributed by atoms with van der Waals surface area (Å²) in [6.07, 6.45) is 3.28. The van der Waals surface area contributed by atoms with Crippen molar-refractivity contribution in [3.8, 4) is 0 Å². The van der Waals surface area contributed by atoms with Gasteiger partial charge in [-0.15, -0.1) is 0 Å². The zero-order chi connectivity index (χ0) is 13.7.